The number of carbonyl (C=O) groups excluding carboxylic acids is 4. The predicted molar refractivity (Wildman–Crippen MR) is 275 cm³/mol. The van der Waals surface area contributed by atoms with E-state index in [1.807, 2.05) is 80.2 Å². The summed E-state index contributed by atoms with van der Waals surface area (Å²) in [5.41, 5.74) is 8.13. The van der Waals surface area contributed by atoms with E-state index in [9.17, 15) is 19.2 Å². The number of methoxy groups -OCH3 is 2. The first-order valence-electron chi connectivity index (χ1n) is 24.6. The second-order valence-corrected chi connectivity index (χ2v) is 16.9. The number of nitrogens with one attached hydrogen (secondary N) is 4. The number of aromatic nitrogens is 2. The Labute approximate surface area is 402 Å². The van der Waals surface area contributed by atoms with Crippen LogP contribution in [0.4, 0.5) is 9.59 Å². The minimum atomic E-state index is -0.710. The van der Waals surface area contributed by atoms with Crippen molar-refractivity contribution in [3.05, 3.63) is 95.5 Å². The summed E-state index contributed by atoms with van der Waals surface area (Å²) in [6.45, 7) is 27.5. The lowest BCUT2D eigenvalue weighted by Gasteiger charge is -2.34. The van der Waals surface area contributed by atoms with Crippen molar-refractivity contribution in [1.29, 1.82) is 0 Å². The van der Waals surface area contributed by atoms with Crippen LogP contribution in [0.25, 0.3) is 27.7 Å². The summed E-state index contributed by atoms with van der Waals surface area (Å²) in [7, 11) is 2.59. The van der Waals surface area contributed by atoms with Crippen LogP contribution in [0.5, 0.6) is 0 Å². The minimum absolute atomic E-state index is 0.0144. The number of hydrogen-bond donors (Lipinski definition) is 4. The van der Waals surface area contributed by atoms with E-state index in [0.29, 0.717) is 18.9 Å². The maximum absolute atomic E-state index is 13.7. The van der Waals surface area contributed by atoms with Gasteiger partial charge in [0.1, 0.15) is 17.9 Å². The van der Waals surface area contributed by atoms with Gasteiger partial charge < -0.3 is 40.2 Å². The second kappa shape index (κ2) is 29.7. The number of benzene rings is 2. The highest BCUT2D eigenvalue weighted by atomic mass is 16.5. The first-order valence-corrected chi connectivity index (χ1v) is 24.6. The number of amides is 4. The maximum atomic E-state index is 13.7. The van der Waals surface area contributed by atoms with Crippen LogP contribution in [0.2, 0.25) is 0 Å². The lowest BCUT2D eigenvalue weighted by atomic mass is 9.99. The summed E-state index contributed by atoms with van der Waals surface area (Å²) in [6.07, 6.45) is 14.1. The van der Waals surface area contributed by atoms with E-state index >= 15 is 0 Å². The molecule has 370 valence electrons. The fourth-order valence-corrected chi connectivity index (χ4v) is 7.97. The van der Waals surface area contributed by atoms with E-state index in [4.69, 9.17) is 14.5 Å². The highest BCUT2D eigenvalue weighted by Gasteiger charge is 2.38. The van der Waals surface area contributed by atoms with E-state index in [2.05, 4.69) is 108 Å². The molecule has 1 aliphatic carbocycles. The van der Waals surface area contributed by atoms with Gasteiger partial charge in [-0.15, -0.1) is 0 Å². The van der Waals surface area contributed by atoms with Crippen molar-refractivity contribution in [3.8, 4) is 11.1 Å². The number of likely N-dealkylation sites (tertiary alicyclic amines) is 1. The first-order chi connectivity index (χ1) is 32.2. The van der Waals surface area contributed by atoms with Crippen molar-refractivity contribution in [1.82, 2.24) is 35.7 Å². The molecule has 67 heavy (non-hydrogen) atoms. The number of H-pyrrole nitrogens is 1. The number of aromatic amines is 1. The van der Waals surface area contributed by atoms with E-state index < -0.39 is 24.3 Å². The number of nitrogens with zero attached hydrogens (tertiary/aromatic N) is 3. The second-order valence-electron chi connectivity index (χ2n) is 16.9. The lowest BCUT2D eigenvalue weighted by Crippen LogP contribution is -2.55. The minimum Gasteiger partial charge on any atom is -0.453 e. The van der Waals surface area contributed by atoms with Crippen LogP contribution in [0.15, 0.2) is 84.1 Å². The molecule has 5 rings (SSSR count). The molecule has 1 fully saturated rings. The Morgan fingerprint density at radius 1 is 0.821 bits per heavy atom. The molecule has 13 nitrogen and oxygen atoms in total. The van der Waals surface area contributed by atoms with Crippen molar-refractivity contribution in [2.75, 3.05) is 27.3 Å². The van der Waals surface area contributed by atoms with Crippen LogP contribution in [0.1, 0.15) is 134 Å². The molecule has 2 aliphatic rings. The molecule has 4 N–H and O–H groups in total. The van der Waals surface area contributed by atoms with Gasteiger partial charge in [-0.25, -0.2) is 14.6 Å². The predicted octanol–water partition coefficient (Wildman–Crippen LogP) is 11.3. The van der Waals surface area contributed by atoms with Gasteiger partial charge in [-0.05, 0) is 91.3 Å². The molecule has 4 amide bonds. The van der Waals surface area contributed by atoms with E-state index in [0.717, 1.165) is 70.3 Å². The third kappa shape index (κ3) is 16.5. The van der Waals surface area contributed by atoms with Gasteiger partial charge in [-0.1, -0.05) is 143 Å². The van der Waals surface area contributed by atoms with E-state index in [-0.39, 0.29) is 42.3 Å². The number of ether oxygens (including phenoxy) is 2. The maximum Gasteiger partial charge on any atom is 0.407 e. The average Bonchev–Trinajstić information content (AvgIpc) is 3.92. The summed E-state index contributed by atoms with van der Waals surface area (Å²) >= 11 is 0. The van der Waals surface area contributed by atoms with Gasteiger partial charge in [0.25, 0.3) is 0 Å². The molecule has 1 aromatic heterocycles. The lowest BCUT2D eigenvalue weighted by molar-refractivity contribution is -0.136. The normalized spacial score (nSPS) is 15.7. The Kier molecular flexibility index (Phi) is 25.4. The van der Waals surface area contributed by atoms with Crippen molar-refractivity contribution >= 4 is 40.6 Å². The SMILES string of the molecule is C/C=C(\NC(C)[C@@H]1CCCN1C(=O)[C@@H](NC(=O)OC)C(C)C)C1=CCC=C(c2ccc(-c3ccc4nc(CN(CCC)C(=O)[C@@H](NC(=O)OC)C(C)C)[nH]c4c3)cc2)C=C1.CC.CC.CCC. The number of rotatable bonds is 16. The van der Waals surface area contributed by atoms with Gasteiger partial charge >= 0.3 is 12.2 Å². The quantitative estimate of drug-likeness (QED) is 0.111. The third-order valence-corrected chi connectivity index (χ3v) is 11.3. The van der Waals surface area contributed by atoms with Crippen LogP contribution in [-0.4, -0.2) is 95.2 Å². The van der Waals surface area contributed by atoms with Crippen molar-refractivity contribution in [2.24, 2.45) is 11.8 Å². The van der Waals surface area contributed by atoms with Crippen molar-refractivity contribution < 1.29 is 28.7 Å². The number of allylic oxidation sites excluding steroid dienone is 6. The molecule has 1 unspecified atom stereocenters. The van der Waals surface area contributed by atoms with Crippen LogP contribution < -0.4 is 16.0 Å². The largest absolute Gasteiger partial charge is 0.453 e. The molecule has 4 atom stereocenters. The van der Waals surface area contributed by atoms with Crippen molar-refractivity contribution in [2.45, 2.75) is 153 Å². The van der Waals surface area contributed by atoms with Gasteiger partial charge in [-0.2, -0.15) is 0 Å². The highest BCUT2D eigenvalue weighted by molar-refractivity contribution is 5.87. The number of carbonyl (C=O) groups is 4. The molecule has 0 saturated carbocycles. The molecule has 13 heteroatoms. The Hall–Kier alpha value is -5.85. The number of fused-ring (bicyclic) bond motifs is 1. The molecule has 0 radical (unpaired) electrons. The highest BCUT2D eigenvalue weighted by Crippen LogP contribution is 2.29. The molecule has 2 heterocycles. The fourth-order valence-electron chi connectivity index (χ4n) is 7.97. The molecule has 2 aromatic carbocycles. The first kappa shape index (κ1) is 57.3. The van der Waals surface area contributed by atoms with Gasteiger partial charge in [0.15, 0.2) is 0 Å². The Morgan fingerprint density at radius 3 is 1.97 bits per heavy atom. The van der Waals surface area contributed by atoms with Gasteiger partial charge in [0, 0.05) is 24.8 Å². The summed E-state index contributed by atoms with van der Waals surface area (Å²) in [5, 5.41) is 9.14. The number of alkyl carbamates (subject to hydrolysis) is 2. The molecular formula is C54H83N7O6. The van der Waals surface area contributed by atoms with Crippen LogP contribution in [0.3, 0.4) is 0 Å². The zero-order valence-corrected chi connectivity index (χ0v) is 43.3. The molecule has 3 aromatic rings. The monoisotopic (exact) mass is 926 g/mol. The average molecular weight is 926 g/mol. The fraction of sp³-hybridized carbons (Fsp3) is 0.537. The molecule has 1 aliphatic heterocycles. The van der Waals surface area contributed by atoms with Gasteiger partial charge in [-0.3, -0.25) is 9.59 Å². The molecule has 1 saturated heterocycles. The topological polar surface area (TPSA) is 158 Å². The molecule has 0 bridgehead atoms. The standard InChI is InChI=1S/C47H63N7O6.C3H8.2C2H6/c1-10-25-53(44(55)42(29(3)4)51-46(57)59-8)28-41-49-38-24-23-36(27-39(38)50-41)34-19-17-33(18-20-34)32-14-12-15-35(22-21-32)37(11-2)48-31(7)40-16-13-26-54(40)45(56)43(30(5)6)52-47(58)60-9;1-3-2;2*1-2/h11,14-15,17-24,27,29-31,40,42-43,48H,10,12-13,16,25-26,28H2,1-9H3,(H,49,50)(H,51,57)(H,52,58);3H2,1-2H3;2*1-2H3/b37-11-;;;/t31?,40-,42-,43-;;;/m0.../s1. The Morgan fingerprint density at radius 2 is 1.40 bits per heavy atom. The van der Waals surface area contributed by atoms with Crippen LogP contribution in [-0.2, 0) is 25.6 Å². The van der Waals surface area contributed by atoms with E-state index in [1.165, 1.54) is 20.6 Å². The molecule has 0 spiro atoms. The Bertz CT molecular complexity index is 2130. The van der Waals surface area contributed by atoms with Crippen LogP contribution >= 0.6 is 0 Å². The molecular weight excluding hydrogens is 843 g/mol. The summed E-state index contributed by atoms with van der Waals surface area (Å²) in [4.78, 5) is 63.1. The zero-order chi connectivity index (χ0) is 50.2. The van der Waals surface area contributed by atoms with Crippen LogP contribution in [0, 0.1) is 11.8 Å². The summed E-state index contributed by atoms with van der Waals surface area (Å²) in [5.74, 6) is 0.220. The van der Waals surface area contributed by atoms with E-state index in [1.54, 1.807) is 4.90 Å². The zero-order valence-electron chi connectivity index (χ0n) is 43.3. The summed E-state index contributed by atoms with van der Waals surface area (Å²) < 4.78 is 9.56. The summed E-state index contributed by atoms with van der Waals surface area (Å²) in [6, 6.07) is 13.3. The van der Waals surface area contributed by atoms with Gasteiger partial charge in [0.05, 0.1) is 37.8 Å². The smallest absolute Gasteiger partial charge is 0.407 e. The van der Waals surface area contributed by atoms with Crippen molar-refractivity contribution in [3.63, 3.8) is 0 Å². The number of imidazole rings is 1. The number of hydrogen-bond acceptors (Lipinski definition) is 8. The van der Waals surface area contributed by atoms with Gasteiger partial charge in [0.2, 0.25) is 11.8 Å². The Balaban J connectivity index is 0.00000209. The third-order valence-electron chi connectivity index (χ3n) is 11.3.